The molecule has 0 aliphatic rings. The number of nitrogens with one attached hydrogen (secondary N) is 1. The highest BCUT2D eigenvalue weighted by molar-refractivity contribution is 5.40. The molecule has 0 amide bonds. The minimum Gasteiger partial charge on any atom is -0.494 e. The highest BCUT2D eigenvalue weighted by atomic mass is 16.5. The molecule has 0 radical (unpaired) electrons. The molecule has 1 aromatic carbocycles. The molecule has 2 nitrogen and oxygen atoms in total. The van der Waals surface area contributed by atoms with Gasteiger partial charge in [0.15, 0.2) is 0 Å². The summed E-state index contributed by atoms with van der Waals surface area (Å²) in [6.07, 6.45) is 1.12. The number of hydrogen-bond acceptors (Lipinski definition) is 2. The maximum absolute atomic E-state index is 5.77. The molecule has 0 fully saturated rings. The molecular formula is C16H27NO. The summed E-state index contributed by atoms with van der Waals surface area (Å²) in [5, 5.41) is 3.46. The Kier molecular flexibility index (Phi) is 5.21. The molecule has 0 aromatic heterocycles. The van der Waals surface area contributed by atoms with E-state index in [-0.39, 0.29) is 5.41 Å². The Morgan fingerprint density at radius 2 is 1.94 bits per heavy atom. The normalized spacial score (nSPS) is 13.4. The molecule has 1 atom stereocenters. The fraction of sp³-hybridized carbons (Fsp3) is 0.625. The average molecular weight is 249 g/mol. The third-order valence-corrected chi connectivity index (χ3v) is 3.76. The summed E-state index contributed by atoms with van der Waals surface area (Å²) in [6, 6.07) is 6.75. The van der Waals surface area contributed by atoms with Crippen LogP contribution < -0.4 is 10.1 Å². The SMILES string of the molecule is CCOc1ccc(C)cc1C(NC)C(C)(C)CC. The van der Waals surface area contributed by atoms with Crippen LogP contribution in [0.3, 0.4) is 0 Å². The van der Waals surface area contributed by atoms with Gasteiger partial charge in [0.2, 0.25) is 0 Å². The van der Waals surface area contributed by atoms with Crippen LogP contribution in [-0.4, -0.2) is 13.7 Å². The number of aryl methyl sites for hydroxylation is 1. The van der Waals surface area contributed by atoms with Crippen molar-refractivity contribution in [2.45, 2.75) is 47.1 Å². The summed E-state index contributed by atoms with van der Waals surface area (Å²) in [7, 11) is 2.03. The van der Waals surface area contributed by atoms with Crippen LogP contribution in [0.25, 0.3) is 0 Å². The number of benzene rings is 1. The molecular weight excluding hydrogens is 222 g/mol. The Morgan fingerprint density at radius 1 is 1.28 bits per heavy atom. The molecule has 0 aliphatic heterocycles. The highest BCUT2D eigenvalue weighted by Crippen LogP contribution is 2.40. The predicted octanol–water partition coefficient (Wildman–Crippen LogP) is 4.09. The van der Waals surface area contributed by atoms with Gasteiger partial charge in [-0.05, 0) is 38.8 Å². The fourth-order valence-corrected chi connectivity index (χ4v) is 2.35. The molecule has 1 N–H and O–H groups in total. The average Bonchev–Trinajstić information content (AvgIpc) is 2.33. The van der Waals surface area contributed by atoms with Crippen molar-refractivity contribution in [2.75, 3.05) is 13.7 Å². The van der Waals surface area contributed by atoms with Crippen molar-refractivity contribution in [1.29, 1.82) is 0 Å². The molecule has 2 heteroatoms. The zero-order valence-corrected chi connectivity index (χ0v) is 12.6. The summed E-state index contributed by atoms with van der Waals surface area (Å²) >= 11 is 0. The van der Waals surface area contributed by atoms with E-state index in [4.69, 9.17) is 4.74 Å². The van der Waals surface area contributed by atoms with Gasteiger partial charge in [0.1, 0.15) is 5.75 Å². The van der Waals surface area contributed by atoms with Gasteiger partial charge in [0, 0.05) is 11.6 Å². The van der Waals surface area contributed by atoms with Crippen molar-refractivity contribution in [3.63, 3.8) is 0 Å². The van der Waals surface area contributed by atoms with Crippen LogP contribution in [-0.2, 0) is 0 Å². The summed E-state index contributed by atoms with van der Waals surface area (Å²) in [5.41, 5.74) is 2.75. The van der Waals surface area contributed by atoms with E-state index >= 15 is 0 Å². The van der Waals surface area contributed by atoms with Crippen LogP contribution in [0, 0.1) is 12.3 Å². The minimum atomic E-state index is 0.203. The van der Waals surface area contributed by atoms with Crippen molar-refractivity contribution in [3.8, 4) is 5.75 Å². The Bertz CT molecular complexity index is 385. The smallest absolute Gasteiger partial charge is 0.124 e. The van der Waals surface area contributed by atoms with Gasteiger partial charge in [-0.25, -0.2) is 0 Å². The van der Waals surface area contributed by atoms with E-state index in [0.29, 0.717) is 12.6 Å². The van der Waals surface area contributed by atoms with Crippen LogP contribution in [0.2, 0.25) is 0 Å². The van der Waals surface area contributed by atoms with Crippen LogP contribution in [0.5, 0.6) is 5.75 Å². The Labute approximate surface area is 112 Å². The lowest BCUT2D eigenvalue weighted by Gasteiger charge is -2.34. The van der Waals surface area contributed by atoms with Crippen LogP contribution in [0.4, 0.5) is 0 Å². The molecule has 0 saturated heterocycles. The first-order valence-electron chi connectivity index (χ1n) is 6.86. The van der Waals surface area contributed by atoms with Crippen molar-refractivity contribution in [2.24, 2.45) is 5.41 Å². The molecule has 1 unspecified atom stereocenters. The Morgan fingerprint density at radius 3 is 2.44 bits per heavy atom. The monoisotopic (exact) mass is 249 g/mol. The zero-order chi connectivity index (χ0) is 13.8. The molecule has 102 valence electrons. The van der Waals surface area contributed by atoms with Crippen molar-refractivity contribution in [3.05, 3.63) is 29.3 Å². The van der Waals surface area contributed by atoms with E-state index in [9.17, 15) is 0 Å². The van der Waals surface area contributed by atoms with Gasteiger partial charge in [-0.1, -0.05) is 38.5 Å². The fourth-order valence-electron chi connectivity index (χ4n) is 2.35. The number of rotatable bonds is 6. The molecule has 0 heterocycles. The zero-order valence-electron chi connectivity index (χ0n) is 12.6. The number of hydrogen-bond donors (Lipinski definition) is 1. The van der Waals surface area contributed by atoms with Gasteiger partial charge >= 0.3 is 0 Å². The molecule has 0 saturated carbocycles. The van der Waals surface area contributed by atoms with E-state index < -0.39 is 0 Å². The molecule has 0 bridgehead atoms. The first-order chi connectivity index (χ1) is 8.46. The van der Waals surface area contributed by atoms with Crippen molar-refractivity contribution < 1.29 is 4.74 Å². The van der Waals surface area contributed by atoms with Crippen molar-refractivity contribution >= 4 is 0 Å². The van der Waals surface area contributed by atoms with Crippen LogP contribution in [0.15, 0.2) is 18.2 Å². The topological polar surface area (TPSA) is 21.3 Å². The molecule has 18 heavy (non-hydrogen) atoms. The molecule has 0 spiro atoms. The lowest BCUT2D eigenvalue weighted by atomic mass is 9.78. The second-order valence-electron chi connectivity index (χ2n) is 5.54. The lowest BCUT2D eigenvalue weighted by molar-refractivity contribution is 0.236. The van der Waals surface area contributed by atoms with Gasteiger partial charge in [0.25, 0.3) is 0 Å². The third-order valence-electron chi connectivity index (χ3n) is 3.76. The Hall–Kier alpha value is -1.02. The summed E-state index contributed by atoms with van der Waals surface area (Å²) in [4.78, 5) is 0. The maximum atomic E-state index is 5.77. The minimum absolute atomic E-state index is 0.203. The highest BCUT2D eigenvalue weighted by Gasteiger charge is 2.30. The van der Waals surface area contributed by atoms with E-state index in [1.807, 2.05) is 14.0 Å². The summed E-state index contributed by atoms with van der Waals surface area (Å²) in [5.74, 6) is 1.00. The summed E-state index contributed by atoms with van der Waals surface area (Å²) < 4.78 is 5.77. The predicted molar refractivity (Wildman–Crippen MR) is 78.2 cm³/mol. The second-order valence-corrected chi connectivity index (χ2v) is 5.54. The van der Waals surface area contributed by atoms with Gasteiger partial charge in [-0.15, -0.1) is 0 Å². The van der Waals surface area contributed by atoms with E-state index in [0.717, 1.165) is 12.2 Å². The summed E-state index contributed by atoms with van der Waals surface area (Å²) in [6.45, 7) is 11.7. The van der Waals surface area contributed by atoms with Gasteiger partial charge in [0.05, 0.1) is 6.61 Å². The van der Waals surface area contributed by atoms with Crippen LogP contribution >= 0.6 is 0 Å². The van der Waals surface area contributed by atoms with E-state index in [1.165, 1.54) is 11.1 Å². The molecule has 1 aromatic rings. The third kappa shape index (κ3) is 3.26. The standard InChI is InChI=1S/C16H27NO/c1-7-16(4,5)15(17-6)13-11-12(3)9-10-14(13)18-8-2/h9-11,15,17H,7-8H2,1-6H3. The van der Waals surface area contributed by atoms with Crippen LogP contribution in [0.1, 0.15) is 51.3 Å². The molecule has 0 aliphatic carbocycles. The quantitative estimate of drug-likeness (QED) is 0.820. The number of ether oxygens (including phenoxy) is 1. The maximum Gasteiger partial charge on any atom is 0.124 e. The van der Waals surface area contributed by atoms with Gasteiger partial charge in [-0.3, -0.25) is 0 Å². The van der Waals surface area contributed by atoms with Gasteiger partial charge in [-0.2, -0.15) is 0 Å². The van der Waals surface area contributed by atoms with Gasteiger partial charge < -0.3 is 10.1 Å². The van der Waals surface area contributed by atoms with Crippen molar-refractivity contribution in [1.82, 2.24) is 5.32 Å². The largest absolute Gasteiger partial charge is 0.494 e. The van der Waals surface area contributed by atoms with E-state index in [2.05, 4.69) is 51.2 Å². The first-order valence-corrected chi connectivity index (χ1v) is 6.86. The lowest BCUT2D eigenvalue weighted by Crippen LogP contribution is -2.32. The van der Waals surface area contributed by atoms with E-state index in [1.54, 1.807) is 0 Å². The second kappa shape index (κ2) is 6.24. The first kappa shape index (κ1) is 15.0. The Balaban J connectivity index is 3.22. The molecule has 1 rings (SSSR count).